The van der Waals surface area contributed by atoms with Crippen molar-refractivity contribution in [2.24, 2.45) is 0 Å². The average Bonchev–Trinajstić information content (AvgIpc) is 1.90. The minimum Gasteiger partial charge on any atom is -0.107 e. The molecule has 0 radical (unpaired) electrons. The van der Waals surface area contributed by atoms with E-state index in [2.05, 4.69) is 12.3 Å². The van der Waals surface area contributed by atoms with E-state index in [1.807, 2.05) is 0 Å². The van der Waals surface area contributed by atoms with Crippen LogP contribution < -0.4 is 0 Å². The Kier molecular flexibility index (Phi) is 2.34. The molecule has 0 saturated carbocycles. The van der Waals surface area contributed by atoms with Gasteiger partial charge in [0.1, 0.15) is 0 Å². The van der Waals surface area contributed by atoms with Crippen molar-refractivity contribution < 1.29 is 0 Å². The normalized spacial score (nSPS) is 23.0. The highest BCUT2D eigenvalue weighted by Crippen LogP contribution is 2.18. The zero-order chi connectivity index (χ0) is 5.82. The summed E-state index contributed by atoms with van der Waals surface area (Å²) >= 11 is 0. The molecule has 0 aromatic rings. The van der Waals surface area contributed by atoms with Crippen molar-refractivity contribution in [1.29, 1.82) is 0 Å². The number of hydrogen-bond acceptors (Lipinski definition) is 0. The van der Waals surface area contributed by atoms with Crippen LogP contribution in [-0.2, 0) is 0 Å². The van der Waals surface area contributed by atoms with E-state index < -0.39 is 0 Å². The first-order valence-electron chi connectivity index (χ1n) is 3.56. The molecule has 0 aromatic carbocycles. The third-order valence-electron chi connectivity index (χ3n) is 1.98. The maximum atomic E-state index is 3.85. The average molecular weight is 126 g/mol. The molecule has 0 bridgehead atoms. The summed E-state index contributed by atoms with van der Waals surface area (Å²) in [7, 11) is -0.341. The Hall–Kier alpha value is -0.0431. The van der Waals surface area contributed by atoms with Gasteiger partial charge >= 0.3 is 0 Å². The topological polar surface area (TPSA) is 0 Å². The molecule has 1 heteroatoms. The second-order valence-electron chi connectivity index (χ2n) is 2.63. The Balaban J connectivity index is 2.22. The molecule has 0 amide bonds. The van der Waals surface area contributed by atoms with Gasteiger partial charge in [0.05, 0.1) is 8.80 Å². The van der Waals surface area contributed by atoms with Crippen LogP contribution in [0.15, 0.2) is 12.3 Å². The summed E-state index contributed by atoms with van der Waals surface area (Å²) in [6.07, 6.45) is 4.46. The lowest BCUT2D eigenvalue weighted by molar-refractivity contribution is 0.727. The molecule has 0 aromatic heterocycles. The smallest absolute Gasteiger partial charge is 0.0607 e. The molecule has 1 rings (SSSR count). The van der Waals surface area contributed by atoms with Crippen LogP contribution in [0.2, 0.25) is 12.1 Å². The molecule has 0 unspecified atom stereocenters. The number of hydrogen-bond donors (Lipinski definition) is 0. The number of rotatable bonds is 1. The van der Waals surface area contributed by atoms with Crippen molar-refractivity contribution in [3.63, 3.8) is 0 Å². The highest BCUT2D eigenvalue weighted by atomic mass is 28.3. The lowest BCUT2D eigenvalue weighted by atomic mass is 10.3. The van der Waals surface area contributed by atoms with Gasteiger partial charge in [-0.1, -0.05) is 31.4 Å². The largest absolute Gasteiger partial charge is 0.107 e. The van der Waals surface area contributed by atoms with Crippen LogP contribution >= 0.6 is 0 Å². The first-order valence-corrected chi connectivity index (χ1v) is 5.86. The lowest BCUT2D eigenvalue weighted by Crippen LogP contribution is -2.11. The predicted octanol–water partition coefficient (Wildman–Crippen LogP) is 2.12. The molecule has 8 heavy (non-hydrogen) atoms. The molecule has 1 aliphatic rings. The van der Waals surface area contributed by atoms with Gasteiger partial charge in [-0.2, -0.15) is 0 Å². The fourth-order valence-electron chi connectivity index (χ4n) is 1.37. The van der Waals surface area contributed by atoms with Gasteiger partial charge in [-0.25, -0.2) is 0 Å². The Labute approximate surface area is 53.2 Å². The van der Waals surface area contributed by atoms with E-state index in [1.165, 1.54) is 31.4 Å². The zero-order valence-corrected chi connectivity index (χ0v) is 6.55. The first kappa shape index (κ1) is 6.08. The Morgan fingerprint density at radius 3 is 2.12 bits per heavy atom. The zero-order valence-electron chi connectivity index (χ0n) is 5.40. The lowest BCUT2D eigenvalue weighted by Gasteiger charge is -2.15. The third kappa shape index (κ3) is 1.48. The maximum absolute atomic E-state index is 3.85. The van der Waals surface area contributed by atoms with Gasteiger partial charge in [0.15, 0.2) is 0 Å². The fraction of sp³-hybridized carbons (Fsp3) is 0.714. The van der Waals surface area contributed by atoms with Gasteiger partial charge in [-0.15, -0.1) is 12.3 Å². The van der Waals surface area contributed by atoms with E-state index in [4.69, 9.17) is 0 Å². The quantitative estimate of drug-likeness (QED) is 0.472. The molecule has 0 atom stereocenters. The first-order chi connectivity index (χ1) is 3.93. The van der Waals surface area contributed by atoms with Crippen LogP contribution in [0.3, 0.4) is 0 Å². The maximum Gasteiger partial charge on any atom is 0.0607 e. The van der Waals surface area contributed by atoms with Crippen molar-refractivity contribution in [3.05, 3.63) is 12.3 Å². The highest BCUT2D eigenvalue weighted by molar-refractivity contribution is 6.64. The molecule has 1 heterocycles. The van der Waals surface area contributed by atoms with Crippen LogP contribution in [0.5, 0.6) is 0 Å². The molecule has 0 spiro atoms. The summed E-state index contributed by atoms with van der Waals surface area (Å²) in [6, 6.07) is 3.06. The predicted molar refractivity (Wildman–Crippen MR) is 40.8 cm³/mol. The molecule has 0 nitrogen and oxygen atoms in total. The van der Waals surface area contributed by atoms with Gasteiger partial charge < -0.3 is 0 Å². The molecule has 0 aliphatic carbocycles. The summed E-state index contributed by atoms with van der Waals surface area (Å²) in [6.45, 7) is 3.85. The van der Waals surface area contributed by atoms with Crippen molar-refractivity contribution in [3.8, 4) is 0 Å². The summed E-state index contributed by atoms with van der Waals surface area (Å²) < 4.78 is 0. The van der Waals surface area contributed by atoms with Crippen molar-refractivity contribution >= 4 is 8.80 Å². The highest BCUT2D eigenvalue weighted by Gasteiger charge is 2.09. The summed E-state index contributed by atoms with van der Waals surface area (Å²) in [5, 5.41) is 0. The van der Waals surface area contributed by atoms with E-state index in [9.17, 15) is 0 Å². The van der Waals surface area contributed by atoms with Crippen molar-refractivity contribution in [1.82, 2.24) is 0 Å². The monoisotopic (exact) mass is 126 g/mol. The standard InChI is InChI=1S/C7H14Si/c1-2-8-6-4-3-5-7-8/h2,8H,1,3-7H2. The van der Waals surface area contributed by atoms with Gasteiger partial charge in [-0.05, 0) is 0 Å². The fourth-order valence-corrected chi connectivity index (χ4v) is 3.76. The summed E-state index contributed by atoms with van der Waals surface area (Å²) in [5.41, 5.74) is 2.25. The summed E-state index contributed by atoms with van der Waals surface area (Å²) in [4.78, 5) is 0. The molecule has 46 valence electrons. The van der Waals surface area contributed by atoms with Gasteiger partial charge in [-0.3, -0.25) is 0 Å². The van der Waals surface area contributed by atoms with Crippen LogP contribution in [-0.4, -0.2) is 8.80 Å². The Morgan fingerprint density at radius 2 is 1.75 bits per heavy atom. The Morgan fingerprint density at radius 1 is 1.12 bits per heavy atom. The van der Waals surface area contributed by atoms with Crippen LogP contribution in [0.1, 0.15) is 19.3 Å². The van der Waals surface area contributed by atoms with E-state index >= 15 is 0 Å². The van der Waals surface area contributed by atoms with Crippen LogP contribution in [0.25, 0.3) is 0 Å². The van der Waals surface area contributed by atoms with Gasteiger partial charge in [0.2, 0.25) is 0 Å². The Bertz CT molecular complexity index is 72.5. The van der Waals surface area contributed by atoms with Crippen molar-refractivity contribution in [2.45, 2.75) is 31.4 Å². The van der Waals surface area contributed by atoms with E-state index in [1.54, 1.807) is 0 Å². The SMILES string of the molecule is C=C[SiH]1CCCCC1. The molecule has 1 fully saturated rings. The van der Waals surface area contributed by atoms with E-state index in [0.29, 0.717) is 0 Å². The second kappa shape index (κ2) is 3.08. The molecule has 1 saturated heterocycles. The summed E-state index contributed by atoms with van der Waals surface area (Å²) in [5.74, 6) is 0. The molecular weight excluding hydrogens is 112 g/mol. The second-order valence-corrected chi connectivity index (χ2v) is 5.78. The molecular formula is C7H14Si. The molecule has 1 aliphatic heterocycles. The minimum atomic E-state index is -0.341. The third-order valence-corrected chi connectivity index (χ3v) is 4.95. The van der Waals surface area contributed by atoms with Gasteiger partial charge in [0.25, 0.3) is 0 Å². The van der Waals surface area contributed by atoms with Crippen LogP contribution in [0, 0.1) is 0 Å². The van der Waals surface area contributed by atoms with E-state index in [0.717, 1.165) is 0 Å². The van der Waals surface area contributed by atoms with Gasteiger partial charge in [0, 0.05) is 0 Å². The molecule has 0 N–H and O–H groups in total. The minimum absolute atomic E-state index is 0.341. The van der Waals surface area contributed by atoms with Crippen molar-refractivity contribution in [2.75, 3.05) is 0 Å². The van der Waals surface area contributed by atoms with Crippen LogP contribution in [0.4, 0.5) is 0 Å². The van der Waals surface area contributed by atoms with E-state index in [-0.39, 0.29) is 8.80 Å².